The van der Waals surface area contributed by atoms with Crippen molar-refractivity contribution in [2.75, 3.05) is 18.6 Å². The third-order valence-electron chi connectivity index (χ3n) is 4.38. The van der Waals surface area contributed by atoms with Gasteiger partial charge in [-0.3, -0.25) is 9.59 Å². The normalized spacial score (nSPS) is 21.5. The summed E-state index contributed by atoms with van der Waals surface area (Å²) in [5.41, 5.74) is 2.31. The second kappa shape index (κ2) is 6.11. The zero-order chi connectivity index (χ0) is 16.5. The van der Waals surface area contributed by atoms with E-state index in [1.165, 1.54) is 7.11 Å². The molecule has 1 heterocycles. The topological polar surface area (TPSA) is 46.6 Å². The Kier molecular flexibility index (Phi) is 4.59. The molecule has 0 saturated carbocycles. The standard InChI is InChI=1S/C18H25NO3/c1-12(2)9-18(17(21)22-5)10-15(20)19(11-18)16-13(3)7-6-8-14(16)4/h6-8,12H,9-11H2,1-5H3/t18-/m0/s1. The largest absolute Gasteiger partial charge is 0.469 e. The average molecular weight is 303 g/mol. The van der Waals surface area contributed by atoms with E-state index in [0.717, 1.165) is 16.8 Å². The number of hydrogen-bond donors (Lipinski definition) is 0. The molecule has 1 aromatic carbocycles. The lowest BCUT2D eigenvalue weighted by molar-refractivity contribution is -0.153. The fourth-order valence-corrected chi connectivity index (χ4v) is 3.62. The van der Waals surface area contributed by atoms with E-state index in [-0.39, 0.29) is 18.3 Å². The minimum absolute atomic E-state index is 0.00319. The van der Waals surface area contributed by atoms with Gasteiger partial charge in [0.1, 0.15) is 0 Å². The second-order valence-corrected chi connectivity index (χ2v) is 6.77. The van der Waals surface area contributed by atoms with Gasteiger partial charge in [-0.15, -0.1) is 0 Å². The van der Waals surface area contributed by atoms with Crippen LogP contribution in [0.5, 0.6) is 0 Å². The van der Waals surface area contributed by atoms with E-state index >= 15 is 0 Å². The number of carbonyl (C=O) groups is 2. The number of amides is 1. The molecule has 4 heteroatoms. The molecular weight excluding hydrogens is 278 g/mol. The molecule has 1 amide bonds. The smallest absolute Gasteiger partial charge is 0.314 e. The van der Waals surface area contributed by atoms with Gasteiger partial charge in [0.25, 0.3) is 0 Å². The number of hydrogen-bond acceptors (Lipinski definition) is 3. The fraction of sp³-hybridized carbons (Fsp3) is 0.556. The van der Waals surface area contributed by atoms with Crippen molar-refractivity contribution in [1.82, 2.24) is 0 Å². The highest BCUT2D eigenvalue weighted by Gasteiger charge is 2.50. The number of methoxy groups -OCH3 is 1. The van der Waals surface area contributed by atoms with Crippen LogP contribution in [0.15, 0.2) is 18.2 Å². The number of ether oxygens (including phenoxy) is 1. The van der Waals surface area contributed by atoms with Crippen molar-refractivity contribution in [2.24, 2.45) is 11.3 Å². The molecule has 4 nitrogen and oxygen atoms in total. The summed E-state index contributed by atoms with van der Waals surface area (Å²) < 4.78 is 5.01. The Labute approximate surface area is 132 Å². The lowest BCUT2D eigenvalue weighted by atomic mass is 9.79. The summed E-state index contributed by atoms with van der Waals surface area (Å²) in [6.07, 6.45) is 0.887. The van der Waals surface area contributed by atoms with Gasteiger partial charge in [0.05, 0.1) is 12.5 Å². The molecule has 0 aromatic heterocycles. The molecule has 0 radical (unpaired) electrons. The van der Waals surface area contributed by atoms with E-state index in [4.69, 9.17) is 4.74 Å². The molecule has 1 aliphatic rings. The predicted octanol–water partition coefficient (Wildman–Crippen LogP) is 3.25. The molecule has 1 atom stereocenters. The van der Waals surface area contributed by atoms with Gasteiger partial charge in [-0.25, -0.2) is 0 Å². The van der Waals surface area contributed by atoms with Crippen molar-refractivity contribution in [2.45, 2.75) is 40.5 Å². The lowest BCUT2D eigenvalue weighted by Gasteiger charge is -2.28. The number of para-hydroxylation sites is 1. The zero-order valence-corrected chi connectivity index (χ0v) is 14.1. The molecule has 1 aliphatic heterocycles. The summed E-state index contributed by atoms with van der Waals surface area (Å²) in [6.45, 7) is 8.53. The van der Waals surface area contributed by atoms with E-state index < -0.39 is 5.41 Å². The first-order valence-corrected chi connectivity index (χ1v) is 7.76. The van der Waals surface area contributed by atoms with Crippen LogP contribution in [0.25, 0.3) is 0 Å². The summed E-state index contributed by atoms with van der Waals surface area (Å²) in [5, 5.41) is 0. The van der Waals surface area contributed by atoms with Gasteiger partial charge >= 0.3 is 5.97 Å². The SMILES string of the molecule is COC(=O)[C@@]1(CC(C)C)CC(=O)N(c2c(C)cccc2C)C1. The van der Waals surface area contributed by atoms with Gasteiger partial charge in [0.15, 0.2) is 0 Å². The van der Waals surface area contributed by atoms with Crippen molar-refractivity contribution >= 4 is 17.6 Å². The summed E-state index contributed by atoms with van der Waals surface area (Å²) in [7, 11) is 1.40. The van der Waals surface area contributed by atoms with Crippen LogP contribution in [0.4, 0.5) is 5.69 Å². The molecule has 2 rings (SSSR count). The number of nitrogens with zero attached hydrogens (tertiary/aromatic N) is 1. The molecular formula is C18H25NO3. The van der Waals surface area contributed by atoms with E-state index in [1.807, 2.05) is 32.0 Å². The molecule has 22 heavy (non-hydrogen) atoms. The Morgan fingerprint density at radius 2 is 1.91 bits per heavy atom. The summed E-state index contributed by atoms with van der Waals surface area (Å²) in [6, 6.07) is 5.97. The number of esters is 1. The maximum atomic E-state index is 12.6. The lowest BCUT2D eigenvalue weighted by Crippen LogP contribution is -2.37. The van der Waals surface area contributed by atoms with Gasteiger partial charge in [-0.05, 0) is 37.3 Å². The molecule has 0 unspecified atom stereocenters. The highest BCUT2D eigenvalue weighted by molar-refractivity contribution is 6.02. The molecule has 1 aromatic rings. The molecule has 0 bridgehead atoms. The number of rotatable bonds is 4. The molecule has 0 aliphatic carbocycles. The summed E-state index contributed by atoms with van der Waals surface area (Å²) >= 11 is 0. The van der Waals surface area contributed by atoms with Crippen LogP contribution < -0.4 is 4.90 Å². The maximum Gasteiger partial charge on any atom is 0.314 e. The molecule has 0 N–H and O–H groups in total. The Hall–Kier alpha value is -1.84. The van der Waals surface area contributed by atoms with E-state index in [9.17, 15) is 9.59 Å². The quantitative estimate of drug-likeness (QED) is 0.802. The van der Waals surface area contributed by atoms with Gasteiger partial charge in [0.2, 0.25) is 5.91 Å². The van der Waals surface area contributed by atoms with Crippen molar-refractivity contribution in [3.63, 3.8) is 0 Å². The Morgan fingerprint density at radius 1 is 1.32 bits per heavy atom. The van der Waals surface area contributed by atoms with Gasteiger partial charge in [-0.2, -0.15) is 0 Å². The number of benzene rings is 1. The van der Waals surface area contributed by atoms with Crippen molar-refractivity contribution in [3.05, 3.63) is 29.3 Å². The fourth-order valence-electron chi connectivity index (χ4n) is 3.62. The average Bonchev–Trinajstić information content (AvgIpc) is 2.75. The van der Waals surface area contributed by atoms with Crippen molar-refractivity contribution < 1.29 is 14.3 Å². The minimum atomic E-state index is -0.727. The van der Waals surface area contributed by atoms with E-state index in [1.54, 1.807) is 4.90 Å². The third kappa shape index (κ3) is 2.87. The molecule has 1 saturated heterocycles. The first-order valence-electron chi connectivity index (χ1n) is 7.76. The summed E-state index contributed by atoms with van der Waals surface area (Å²) in [5.74, 6) is 0.0524. The van der Waals surface area contributed by atoms with Crippen LogP contribution in [0.1, 0.15) is 37.8 Å². The van der Waals surface area contributed by atoms with Gasteiger partial charge < -0.3 is 9.64 Å². The zero-order valence-electron chi connectivity index (χ0n) is 14.1. The number of carbonyl (C=O) groups excluding carboxylic acids is 2. The van der Waals surface area contributed by atoms with Crippen LogP contribution in [0.2, 0.25) is 0 Å². The molecule has 120 valence electrons. The predicted molar refractivity (Wildman–Crippen MR) is 86.8 cm³/mol. The molecule has 0 spiro atoms. The second-order valence-electron chi connectivity index (χ2n) is 6.77. The number of aryl methyl sites for hydroxylation is 2. The Balaban J connectivity index is 2.41. The first kappa shape index (κ1) is 16.5. The number of anilines is 1. The van der Waals surface area contributed by atoms with Gasteiger partial charge in [-0.1, -0.05) is 32.0 Å². The van der Waals surface area contributed by atoms with E-state index in [2.05, 4.69) is 13.8 Å². The van der Waals surface area contributed by atoms with Crippen LogP contribution in [0, 0.1) is 25.2 Å². The van der Waals surface area contributed by atoms with E-state index in [0.29, 0.717) is 18.9 Å². The first-order chi connectivity index (χ1) is 10.3. The Bertz CT molecular complexity index is 574. The Morgan fingerprint density at radius 3 is 2.41 bits per heavy atom. The monoisotopic (exact) mass is 303 g/mol. The van der Waals surface area contributed by atoms with Crippen LogP contribution >= 0.6 is 0 Å². The third-order valence-corrected chi connectivity index (χ3v) is 4.38. The minimum Gasteiger partial charge on any atom is -0.469 e. The van der Waals surface area contributed by atoms with Crippen LogP contribution in [-0.4, -0.2) is 25.5 Å². The summed E-state index contributed by atoms with van der Waals surface area (Å²) in [4.78, 5) is 26.7. The van der Waals surface area contributed by atoms with Crippen molar-refractivity contribution in [1.29, 1.82) is 0 Å². The van der Waals surface area contributed by atoms with Crippen molar-refractivity contribution in [3.8, 4) is 0 Å². The molecule has 1 fully saturated rings. The highest BCUT2D eigenvalue weighted by atomic mass is 16.5. The van der Waals surface area contributed by atoms with Gasteiger partial charge in [0, 0.05) is 18.7 Å². The van der Waals surface area contributed by atoms with Crippen LogP contribution in [0.3, 0.4) is 0 Å². The van der Waals surface area contributed by atoms with Crippen LogP contribution in [-0.2, 0) is 14.3 Å². The maximum absolute atomic E-state index is 12.6. The highest BCUT2D eigenvalue weighted by Crippen LogP contribution is 2.42.